The smallest absolute Gasteiger partial charge is 0.347 e. The fourth-order valence-electron chi connectivity index (χ4n) is 1.65. The average Bonchev–Trinajstić information content (AvgIpc) is 2.26. The van der Waals surface area contributed by atoms with E-state index in [1.165, 1.54) is 0 Å². The fourth-order valence-corrected chi connectivity index (χ4v) is 1.65. The first kappa shape index (κ1) is 13.9. The zero-order valence-electron chi connectivity index (χ0n) is 10.8. The predicted molar refractivity (Wildman–Crippen MR) is 67.3 cm³/mol. The largest absolute Gasteiger partial charge is 0.380 e. The molecule has 0 fully saturated rings. The van der Waals surface area contributed by atoms with Gasteiger partial charge in [-0.3, -0.25) is 4.57 Å². The molecule has 0 amide bonds. The molecule has 1 rings (SSSR count). The predicted octanol–water partition coefficient (Wildman–Crippen LogP) is 0.486. The van der Waals surface area contributed by atoms with Crippen LogP contribution in [0.5, 0.6) is 0 Å². The second-order valence-electron chi connectivity index (χ2n) is 3.92. The van der Waals surface area contributed by atoms with Gasteiger partial charge in [-0.2, -0.15) is 4.98 Å². The highest BCUT2D eigenvalue weighted by molar-refractivity contribution is 5.06. The Bertz CT molecular complexity index is 401. The van der Waals surface area contributed by atoms with Gasteiger partial charge in [-0.25, -0.2) is 4.79 Å². The summed E-state index contributed by atoms with van der Waals surface area (Å²) in [5.74, 6) is 0. The standard InChI is InChI=1S/C12H21N3O2/c1-4-17-8-6-13-5-7-15-11(3)9-10(2)14-12(15)16/h9,13H,4-8H2,1-3H3. The Hall–Kier alpha value is -1.20. The number of hydrogen-bond donors (Lipinski definition) is 1. The van der Waals surface area contributed by atoms with E-state index in [2.05, 4.69) is 10.3 Å². The first-order valence-electron chi connectivity index (χ1n) is 5.98. The summed E-state index contributed by atoms with van der Waals surface area (Å²) >= 11 is 0. The molecule has 5 heteroatoms. The van der Waals surface area contributed by atoms with E-state index in [0.717, 1.165) is 31.1 Å². The van der Waals surface area contributed by atoms with E-state index >= 15 is 0 Å². The molecule has 0 bridgehead atoms. The van der Waals surface area contributed by atoms with E-state index in [1.807, 2.05) is 26.8 Å². The molecule has 0 aliphatic heterocycles. The lowest BCUT2D eigenvalue weighted by Crippen LogP contribution is -2.31. The first-order valence-corrected chi connectivity index (χ1v) is 5.98. The zero-order valence-corrected chi connectivity index (χ0v) is 10.8. The summed E-state index contributed by atoms with van der Waals surface area (Å²) in [6, 6.07) is 1.92. The molecule has 1 N–H and O–H groups in total. The molecular weight excluding hydrogens is 218 g/mol. The van der Waals surface area contributed by atoms with Crippen molar-refractivity contribution in [3.8, 4) is 0 Å². The van der Waals surface area contributed by atoms with Crippen LogP contribution in [-0.2, 0) is 11.3 Å². The molecule has 0 saturated carbocycles. The quantitative estimate of drug-likeness (QED) is 0.703. The highest BCUT2D eigenvalue weighted by atomic mass is 16.5. The van der Waals surface area contributed by atoms with Gasteiger partial charge in [-0.1, -0.05) is 0 Å². The Morgan fingerprint density at radius 2 is 2.18 bits per heavy atom. The monoisotopic (exact) mass is 239 g/mol. The van der Waals surface area contributed by atoms with Crippen molar-refractivity contribution in [2.45, 2.75) is 27.3 Å². The molecule has 1 heterocycles. The molecule has 1 aromatic rings. The zero-order chi connectivity index (χ0) is 12.7. The van der Waals surface area contributed by atoms with Gasteiger partial charge in [-0.05, 0) is 26.8 Å². The van der Waals surface area contributed by atoms with Crippen molar-refractivity contribution in [1.82, 2.24) is 14.9 Å². The van der Waals surface area contributed by atoms with Crippen LogP contribution in [0.2, 0.25) is 0 Å². The molecular formula is C12H21N3O2. The third kappa shape index (κ3) is 4.66. The van der Waals surface area contributed by atoms with Crippen LogP contribution >= 0.6 is 0 Å². The lowest BCUT2D eigenvalue weighted by Gasteiger charge is -2.10. The van der Waals surface area contributed by atoms with Crippen LogP contribution < -0.4 is 11.0 Å². The van der Waals surface area contributed by atoms with Crippen LogP contribution in [0.15, 0.2) is 10.9 Å². The topological polar surface area (TPSA) is 56.1 Å². The van der Waals surface area contributed by atoms with Gasteiger partial charge in [0.05, 0.1) is 6.61 Å². The molecule has 0 aliphatic rings. The lowest BCUT2D eigenvalue weighted by atomic mass is 10.3. The van der Waals surface area contributed by atoms with Crippen molar-refractivity contribution in [2.24, 2.45) is 0 Å². The molecule has 0 saturated heterocycles. The average molecular weight is 239 g/mol. The van der Waals surface area contributed by atoms with E-state index in [4.69, 9.17) is 4.74 Å². The van der Waals surface area contributed by atoms with E-state index in [1.54, 1.807) is 4.57 Å². The molecule has 17 heavy (non-hydrogen) atoms. The summed E-state index contributed by atoms with van der Waals surface area (Å²) in [4.78, 5) is 15.5. The van der Waals surface area contributed by atoms with E-state index in [-0.39, 0.29) is 5.69 Å². The minimum Gasteiger partial charge on any atom is -0.380 e. The summed E-state index contributed by atoms with van der Waals surface area (Å²) in [5.41, 5.74) is 1.55. The Morgan fingerprint density at radius 3 is 2.82 bits per heavy atom. The lowest BCUT2D eigenvalue weighted by molar-refractivity contribution is 0.149. The van der Waals surface area contributed by atoms with Crippen LogP contribution in [0.4, 0.5) is 0 Å². The van der Waals surface area contributed by atoms with Crippen molar-refractivity contribution >= 4 is 0 Å². The molecule has 0 aromatic carbocycles. The normalized spacial score (nSPS) is 10.8. The molecule has 0 radical (unpaired) electrons. The summed E-state index contributed by atoms with van der Waals surface area (Å²) < 4.78 is 6.89. The summed E-state index contributed by atoms with van der Waals surface area (Å²) in [5, 5.41) is 3.23. The fraction of sp³-hybridized carbons (Fsp3) is 0.667. The molecule has 0 unspecified atom stereocenters. The second kappa shape index (κ2) is 7.19. The summed E-state index contributed by atoms with van der Waals surface area (Å²) in [6.45, 7) is 9.37. The van der Waals surface area contributed by atoms with Crippen molar-refractivity contribution in [3.63, 3.8) is 0 Å². The number of ether oxygens (including phenoxy) is 1. The first-order chi connectivity index (χ1) is 8.15. The minimum atomic E-state index is -0.172. The van der Waals surface area contributed by atoms with Crippen LogP contribution in [-0.4, -0.2) is 35.9 Å². The molecule has 1 aromatic heterocycles. The van der Waals surface area contributed by atoms with Gasteiger partial charge in [0.15, 0.2) is 0 Å². The van der Waals surface area contributed by atoms with Gasteiger partial charge < -0.3 is 10.1 Å². The third-order valence-corrected chi connectivity index (χ3v) is 2.49. The van der Waals surface area contributed by atoms with E-state index in [9.17, 15) is 4.79 Å². The van der Waals surface area contributed by atoms with E-state index < -0.39 is 0 Å². The number of rotatable bonds is 7. The van der Waals surface area contributed by atoms with Gasteiger partial charge in [-0.15, -0.1) is 0 Å². The van der Waals surface area contributed by atoms with E-state index in [0.29, 0.717) is 13.2 Å². The Kier molecular flexibility index (Phi) is 5.86. The van der Waals surface area contributed by atoms with Crippen LogP contribution in [0, 0.1) is 13.8 Å². The number of nitrogens with one attached hydrogen (secondary N) is 1. The maximum Gasteiger partial charge on any atom is 0.347 e. The summed E-state index contributed by atoms with van der Waals surface area (Å²) in [6.07, 6.45) is 0. The number of aryl methyl sites for hydroxylation is 2. The van der Waals surface area contributed by atoms with Crippen molar-refractivity contribution in [2.75, 3.05) is 26.3 Å². The molecule has 96 valence electrons. The molecule has 0 atom stereocenters. The van der Waals surface area contributed by atoms with Crippen molar-refractivity contribution < 1.29 is 4.74 Å². The Labute approximate surface area is 102 Å². The highest BCUT2D eigenvalue weighted by Crippen LogP contribution is 1.95. The Balaban J connectivity index is 2.39. The number of aromatic nitrogens is 2. The minimum absolute atomic E-state index is 0.172. The maximum atomic E-state index is 11.6. The maximum absolute atomic E-state index is 11.6. The van der Waals surface area contributed by atoms with Crippen LogP contribution in [0.1, 0.15) is 18.3 Å². The van der Waals surface area contributed by atoms with Crippen LogP contribution in [0.3, 0.4) is 0 Å². The molecule has 0 spiro atoms. The summed E-state index contributed by atoms with van der Waals surface area (Å²) in [7, 11) is 0. The molecule has 0 aliphatic carbocycles. The van der Waals surface area contributed by atoms with Gasteiger partial charge in [0, 0.05) is 37.6 Å². The number of hydrogen-bond acceptors (Lipinski definition) is 4. The Morgan fingerprint density at radius 1 is 1.41 bits per heavy atom. The SMILES string of the molecule is CCOCCNCCn1c(C)cc(C)nc1=O. The third-order valence-electron chi connectivity index (χ3n) is 2.49. The van der Waals surface area contributed by atoms with Gasteiger partial charge in [0.2, 0.25) is 0 Å². The second-order valence-corrected chi connectivity index (χ2v) is 3.92. The highest BCUT2D eigenvalue weighted by Gasteiger charge is 2.01. The van der Waals surface area contributed by atoms with Crippen molar-refractivity contribution in [1.29, 1.82) is 0 Å². The van der Waals surface area contributed by atoms with Crippen molar-refractivity contribution in [3.05, 3.63) is 27.9 Å². The van der Waals surface area contributed by atoms with Gasteiger partial charge in [0.1, 0.15) is 0 Å². The van der Waals surface area contributed by atoms with Gasteiger partial charge >= 0.3 is 5.69 Å². The number of nitrogens with zero attached hydrogens (tertiary/aromatic N) is 2. The van der Waals surface area contributed by atoms with Gasteiger partial charge in [0.25, 0.3) is 0 Å². The molecule has 5 nitrogen and oxygen atoms in total. The van der Waals surface area contributed by atoms with Crippen LogP contribution in [0.25, 0.3) is 0 Å².